The molecule has 1 aliphatic heterocycles. The number of hydrogen-bond donors (Lipinski definition) is 1. The highest BCUT2D eigenvalue weighted by molar-refractivity contribution is 7.93. The molecule has 0 saturated heterocycles. The summed E-state index contributed by atoms with van der Waals surface area (Å²) in [7, 11) is -3.95. The SMILES string of the molecule is CCN(c1ccccc1)S(=O)(=O)c1ccccc1NC(=O)c1ccc2c(c1)C(=O)CC(C)(C)O2. The Morgan fingerprint density at radius 2 is 1.71 bits per heavy atom. The van der Waals surface area contributed by atoms with E-state index in [1.165, 1.54) is 16.4 Å². The molecule has 1 amide bonds. The van der Waals surface area contributed by atoms with Gasteiger partial charge in [0, 0.05) is 12.1 Å². The van der Waals surface area contributed by atoms with Gasteiger partial charge >= 0.3 is 0 Å². The van der Waals surface area contributed by atoms with Gasteiger partial charge in [-0.15, -0.1) is 0 Å². The van der Waals surface area contributed by atoms with Gasteiger partial charge in [0.1, 0.15) is 16.2 Å². The number of carbonyl (C=O) groups excluding carboxylic acids is 2. The van der Waals surface area contributed by atoms with Crippen molar-refractivity contribution in [2.45, 2.75) is 37.7 Å². The molecule has 4 rings (SSSR count). The average Bonchev–Trinajstić information content (AvgIpc) is 2.79. The summed E-state index contributed by atoms with van der Waals surface area (Å²) in [4.78, 5) is 25.6. The quantitative estimate of drug-likeness (QED) is 0.544. The third-order valence-electron chi connectivity index (χ3n) is 5.55. The number of fused-ring (bicyclic) bond motifs is 1. The molecule has 3 aromatic rings. The van der Waals surface area contributed by atoms with Crippen LogP contribution in [0.2, 0.25) is 0 Å². The second-order valence-electron chi connectivity index (χ2n) is 8.63. The highest BCUT2D eigenvalue weighted by Gasteiger charge is 2.33. The second kappa shape index (κ2) is 8.95. The molecule has 0 spiro atoms. The van der Waals surface area contributed by atoms with Gasteiger partial charge in [0.05, 0.1) is 23.4 Å². The topological polar surface area (TPSA) is 92.8 Å². The Labute approximate surface area is 199 Å². The summed E-state index contributed by atoms with van der Waals surface area (Å²) in [6.07, 6.45) is 0.207. The van der Waals surface area contributed by atoms with Crippen molar-refractivity contribution in [1.82, 2.24) is 0 Å². The average molecular weight is 479 g/mol. The van der Waals surface area contributed by atoms with Crippen LogP contribution in [0.15, 0.2) is 77.7 Å². The minimum atomic E-state index is -3.95. The number of sulfonamides is 1. The van der Waals surface area contributed by atoms with Crippen LogP contribution < -0.4 is 14.4 Å². The molecule has 1 aliphatic rings. The molecule has 0 radical (unpaired) electrons. The van der Waals surface area contributed by atoms with Crippen molar-refractivity contribution in [2.24, 2.45) is 0 Å². The standard InChI is InChI=1S/C26H26N2O5S/c1-4-28(19-10-6-5-7-11-19)34(31,32)24-13-9-8-12-21(24)27-25(30)18-14-15-23-20(16-18)22(29)17-26(2,3)33-23/h5-16H,4,17H2,1-3H3,(H,27,30). The third kappa shape index (κ3) is 4.54. The number of carbonyl (C=O) groups is 2. The van der Waals surface area contributed by atoms with E-state index in [2.05, 4.69) is 5.32 Å². The number of benzene rings is 3. The van der Waals surface area contributed by atoms with E-state index < -0.39 is 21.5 Å². The molecule has 1 N–H and O–H groups in total. The number of Topliss-reactive ketones (excluding diaryl/α,β-unsaturated/α-hetero) is 1. The lowest BCUT2D eigenvalue weighted by molar-refractivity contribution is 0.0620. The molecule has 34 heavy (non-hydrogen) atoms. The first kappa shape index (κ1) is 23.5. The zero-order chi connectivity index (χ0) is 24.5. The first-order valence-corrected chi connectivity index (χ1v) is 12.4. The number of hydrogen-bond acceptors (Lipinski definition) is 5. The molecular formula is C26H26N2O5S. The first-order valence-electron chi connectivity index (χ1n) is 11.0. The van der Waals surface area contributed by atoms with Crippen LogP contribution in [0.4, 0.5) is 11.4 Å². The van der Waals surface area contributed by atoms with Crippen molar-refractivity contribution in [1.29, 1.82) is 0 Å². The number of ketones is 1. The zero-order valence-electron chi connectivity index (χ0n) is 19.2. The Balaban J connectivity index is 1.65. The molecule has 7 nitrogen and oxygen atoms in total. The van der Waals surface area contributed by atoms with Crippen molar-refractivity contribution in [3.05, 3.63) is 83.9 Å². The first-order chi connectivity index (χ1) is 16.1. The van der Waals surface area contributed by atoms with E-state index in [1.807, 2.05) is 19.9 Å². The molecule has 0 aromatic heterocycles. The van der Waals surface area contributed by atoms with E-state index in [1.54, 1.807) is 61.5 Å². The van der Waals surface area contributed by atoms with Gasteiger partial charge in [0.2, 0.25) is 0 Å². The van der Waals surface area contributed by atoms with Crippen molar-refractivity contribution in [3.63, 3.8) is 0 Å². The summed E-state index contributed by atoms with van der Waals surface area (Å²) in [5.74, 6) is -0.196. The third-order valence-corrected chi connectivity index (χ3v) is 7.51. The summed E-state index contributed by atoms with van der Waals surface area (Å²) in [6.45, 7) is 5.64. The number of amides is 1. The van der Waals surface area contributed by atoms with Crippen LogP contribution in [0, 0.1) is 0 Å². The van der Waals surface area contributed by atoms with Crippen LogP contribution in [0.3, 0.4) is 0 Å². The van der Waals surface area contributed by atoms with Crippen LogP contribution >= 0.6 is 0 Å². The highest BCUT2D eigenvalue weighted by atomic mass is 32.2. The highest BCUT2D eigenvalue weighted by Crippen LogP contribution is 2.34. The smallest absolute Gasteiger partial charge is 0.266 e. The Kier molecular flexibility index (Phi) is 6.18. The number of para-hydroxylation sites is 2. The van der Waals surface area contributed by atoms with Crippen molar-refractivity contribution in [2.75, 3.05) is 16.2 Å². The maximum Gasteiger partial charge on any atom is 0.266 e. The molecule has 0 atom stereocenters. The van der Waals surface area contributed by atoms with E-state index in [0.717, 1.165) is 0 Å². The maximum atomic E-state index is 13.5. The second-order valence-corrected chi connectivity index (χ2v) is 10.5. The van der Waals surface area contributed by atoms with Gasteiger partial charge in [-0.1, -0.05) is 30.3 Å². The van der Waals surface area contributed by atoms with E-state index in [9.17, 15) is 18.0 Å². The Hall–Kier alpha value is -3.65. The lowest BCUT2D eigenvalue weighted by Crippen LogP contribution is -2.36. The van der Waals surface area contributed by atoms with Gasteiger partial charge in [-0.2, -0.15) is 0 Å². The van der Waals surface area contributed by atoms with Crippen LogP contribution in [0.5, 0.6) is 5.75 Å². The summed E-state index contributed by atoms with van der Waals surface area (Å²) < 4.78 is 34.2. The number of ether oxygens (including phenoxy) is 1. The molecule has 0 fully saturated rings. The number of rotatable bonds is 6. The molecule has 0 unspecified atom stereocenters. The summed E-state index contributed by atoms with van der Waals surface area (Å²) in [5.41, 5.74) is 0.656. The van der Waals surface area contributed by atoms with Crippen molar-refractivity contribution in [3.8, 4) is 5.75 Å². The van der Waals surface area contributed by atoms with Crippen LogP contribution in [-0.4, -0.2) is 32.3 Å². The van der Waals surface area contributed by atoms with Crippen molar-refractivity contribution >= 4 is 33.1 Å². The largest absolute Gasteiger partial charge is 0.487 e. The predicted molar refractivity (Wildman–Crippen MR) is 131 cm³/mol. The Morgan fingerprint density at radius 1 is 1.03 bits per heavy atom. The van der Waals surface area contributed by atoms with E-state index in [4.69, 9.17) is 4.74 Å². The number of nitrogens with zero attached hydrogens (tertiary/aromatic N) is 1. The lowest BCUT2D eigenvalue weighted by atomic mass is 9.92. The van der Waals surface area contributed by atoms with Crippen LogP contribution in [-0.2, 0) is 10.0 Å². The number of anilines is 2. The fraction of sp³-hybridized carbons (Fsp3) is 0.231. The Morgan fingerprint density at radius 3 is 2.41 bits per heavy atom. The number of nitrogens with one attached hydrogen (secondary N) is 1. The molecule has 8 heteroatoms. The van der Waals surface area contributed by atoms with Gasteiger partial charge in [-0.05, 0) is 63.2 Å². The van der Waals surface area contributed by atoms with E-state index >= 15 is 0 Å². The molecule has 0 bridgehead atoms. The lowest BCUT2D eigenvalue weighted by Gasteiger charge is -2.31. The molecule has 0 aliphatic carbocycles. The Bertz CT molecular complexity index is 1350. The van der Waals surface area contributed by atoms with E-state index in [0.29, 0.717) is 17.0 Å². The summed E-state index contributed by atoms with van der Waals surface area (Å²) in [6, 6.07) is 19.7. The normalized spacial score (nSPS) is 14.6. The maximum absolute atomic E-state index is 13.5. The van der Waals surface area contributed by atoms with Gasteiger partial charge < -0.3 is 10.1 Å². The van der Waals surface area contributed by atoms with Gasteiger partial charge in [0.25, 0.3) is 15.9 Å². The van der Waals surface area contributed by atoms with Gasteiger partial charge in [-0.25, -0.2) is 8.42 Å². The molecule has 3 aromatic carbocycles. The summed E-state index contributed by atoms with van der Waals surface area (Å²) >= 11 is 0. The fourth-order valence-corrected chi connectivity index (χ4v) is 5.61. The van der Waals surface area contributed by atoms with Crippen LogP contribution in [0.1, 0.15) is 47.9 Å². The zero-order valence-corrected chi connectivity index (χ0v) is 20.1. The van der Waals surface area contributed by atoms with Gasteiger partial charge in [-0.3, -0.25) is 13.9 Å². The fourth-order valence-electron chi connectivity index (χ4n) is 3.99. The molecule has 1 heterocycles. The van der Waals surface area contributed by atoms with Crippen molar-refractivity contribution < 1.29 is 22.7 Å². The van der Waals surface area contributed by atoms with Crippen LogP contribution in [0.25, 0.3) is 0 Å². The molecular weight excluding hydrogens is 452 g/mol. The monoisotopic (exact) mass is 478 g/mol. The van der Waals surface area contributed by atoms with Gasteiger partial charge in [0.15, 0.2) is 5.78 Å². The minimum absolute atomic E-state index is 0.0202. The minimum Gasteiger partial charge on any atom is -0.487 e. The predicted octanol–water partition coefficient (Wildman–Crippen LogP) is 4.90. The molecule has 0 saturated carbocycles. The summed E-state index contributed by atoms with van der Waals surface area (Å²) in [5, 5.41) is 2.70. The molecule has 176 valence electrons. The van der Waals surface area contributed by atoms with E-state index in [-0.39, 0.29) is 34.9 Å².